The number of halogens is 10. The van der Waals surface area contributed by atoms with Crippen LogP contribution >= 0.6 is 0 Å². The maximum Gasteiger partial charge on any atom is 0.407 e. The molecule has 18 nitrogen and oxygen atoms in total. The number of nitrogens with two attached hydrogens (primary N) is 1. The highest BCUT2D eigenvalue weighted by Gasteiger charge is 2.57. The van der Waals surface area contributed by atoms with Crippen LogP contribution in [0.15, 0.2) is 67.0 Å². The molecule has 3 aliphatic heterocycles. The van der Waals surface area contributed by atoms with Gasteiger partial charge in [0.15, 0.2) is 0 Å². The second-order valence-electron chi connectivity index (χ2n) is 20.7. The molecule has 28 heteroatoms. The smallest absolute Gasteiger partial charge is 0.407 e. The van der Waals surface area contributed by atoms with Crippen molar-refractivity contribution in [1.29, 1.82) is 0 Å². The van der Waals surface area contributed by atoms with Crippen LogP contribution in [0.25, 0.3) is 11.3 Å². The van der Waals surface area contributed by atoms with Gasteiger partial charge in [0.25, 0.3) is 0 Å². The van der Waals surface area contributed by atoms with E-state index in [1.54, 1.807) is 35.8 Å². The van der Waals surface area contributed by atoms with Crippen molar-refractivity contribution in [2.75, 3.05) is 52.0 Å². The molecule has 3 fully saturated rings. The summed E-state index contributed by atoms with van der Waals surface area (Å²) >= 11 is 0. The molecule has 442 valence electrons. The minimum Gasteiger partial charge on any atom is -0.453 e. The van der Waals surface area contributed by atoms with Crippen molar-refractivity contribution in [3.63, 3.8) is 0 Å². The molecule has 0 radical (unpaired) electrons. The van der Waals surface area contributed by atoms with E-state index in [0.29, 0.717) is 39.5 Å². The fraction of sp³-hybridized carbons (Fsp3) is 0.509. The Labute approximate surface area is 459 Å². The number of aliphatic hydroxyl groups is 1. The number of aliphatic hydroxyl groups excluding tert-OH is 1. The first kappa shape index (κ1) is 63.0. The van der Waals surface area contributed by atoms with Crippen molar-refractivity contribution < 1.29 is 82.4 Å². The predicted molar refractivity (Wildman–Crippen MR) is 272 cm³/mol. The Bertz CT molecular complexity index is 2860. The molecule has 3 saturated heterocycles. The Morgan fingerprint density at radius 1 is 0.790 bits per heavy atom. The summed E-state index contributed by atoms with van der Waals surface area (Å²) in [5.74, 6) is 2.42. The predicted octanol–water partition coefficient (Wildman–Crippen LogP) is 6.35. The van der Waals surface area contributed by atoms with Crippen LogP contribution in [0.1, 0.15) is 69.3 Å². The fourth-order valence-corrected chi connectivity index (χ4v) is 9.30. The molecule has 3 aliphatic rings. The van der Waals surface area contributed by atoms with Crippen molar-refractivity contribution in [2.45, 2.75) is 115 Å². The lowest BCUT2D eigenvalue weighted by Gasteiger charge is -2.47. The number of nitrogens with zero attached hydrogens (tertiary/aromatic N) is 5. The molecule has 2 bridgehead atoms. The fourth-order valence-electron chi connectivity index (χ4n) is 9.30. The number of primary amides is 1. The van der Waals surface area contributed by atoms with Crippen LogP contribution in [0, 0.1) is 34.3 Å². The van der Waals surface area contributed by atoms with Gasteiger partial charge in [0.05, 0.1) is 62.1 Å². The maximum absolute atomic E-state index is 15.1. The number of benzene rings is 2. The number of aromatic nitrogens is 3. The second-order valence-corrected chi connectivity index (χ2v) is 20.7. The molecule has 0 aliphatic carbocycles. The lowest BCUT2D eigenvalue weighted by molar-refractivity contribution is -0.220. The third kappa shape index (κ3) is 15.4. The van der Waals surface area contributed by atoms with Crippen LogP contribution in [0.2, 0.25) is 0 Å². The van der Waals surface area contributed by atoms with Gasteiger partial charge >= 0.3 is 31.1 Å². The Morgan fingerprint density at radius 2 is 1.33 bits per heavy atom. The molecule has 81 heavy (non-hydrogen) atoms. The first-order chi connectivity index (χ1) is 37.9. The molecule has 7 N–H and O–H groups in total. The highest BCUT2D eigenvalue weighted by atomic mass is 19.4. The van der Waals surface area contributed by atoms with Crippen LogP contribution in [0.3, 0.4) is 0 Å². The van der Waals surface area contributed by atoms with Gasteiger partial charge in [0.1, 0.15) is 29.5 Å². The normalized spacial score (nSPS) is 18.2. The first-order valence-corrected chi connectivity index (χ1v) is 25.2. The van der Waals surface area contributed by atoms with Gasteiger partial charge in [0.2, 0.25) is 11.8 Å². The zero-order valence-corrected chi connectivity index (χ0v) is 44.7. The molecule has 0 saturated carbocycles. The first-order valence-electron chi connectivity index (χ1n) is 25.2. The van der Waals surface area contributed by atoms with Crippen molar-refractivity contribution >= 4 is 29.8 Å². The number of carbonyl (C=O) groups is 4. The Kier molecular flexibility index (Phi) is 20.3. The summed E-state index contributed by atoms with van der Waals surface area (Å²) in [6, 6.07) is 9.64. The van der Waals surface area contributed by atoms with Crippen molar-refractivity contribution in [3.8, 4) is 23.1 Å². The van der Waals surface area contributed by atoms with Gasteiger partial charge in [-0.15, -0.1) is 0 Å². The number of alkyl halides is 8. The molecule has 2 aromatic heterocycles. The van der Waals surface area contributed by atoms with E-state index in [2.05, 4.69) is 46.8 Å². The summed E-state index contributed by atoms with van der Waals surface area (Å²) in [6.07, 6.45) is -8.82. The number of fused-ring (bicyclic) bond motifs is 2. The van der Waals surface area contributed by atoms with Crippen LogP contribution in [-0.2, 0) is 36.8 Å². The van der Waals surface area contributed by atoms with Crippen LogP contribution in [0.5, 0.6) is 0 Å². The molecular formula is C53H62F10N10O8. The number of piperazine rings is 1. The highest BCUT2D eigenvalue weighted by molar-refractivity contribution is 5.87. The molecule has 2 unspecified atom stereocenters. The van der Waals surface area contributed by atoms with Gasteiger partial charge in [-0.2, -0.15) is 40.2 Å². The second kappa shape index (κ2) is 26.1. The monoisotopic (exact) mass is 1160 g/mol. The standard InChI is InChI=1S/C45H49F7N8O5.C8H13F3N2O3/c1-44(2,45(50,51)52)40(56-43(63)64-3)41(62)55-37(38(61)21-53-20-33-34(46)17-29(18-35(33)47)36-14-15-59(57-36)42(48)49)16-27-7-4-26(5-8-27)6-9-28-10-13-39(54-19-28)58-22-30-11-12-31(23-58)60(30)32-24-65-25-32;1-7(2,8(9,10)11)4(5(12)14)13-6(15)16-3/h4-5,7-8,10,13-15,17-19,30-32,37-38,40,42,53,61H,11-12,16,20-25H2,1-3H3,(H,55,62)(H,56,63);4H,1-3H3,(H2,12,14)(H,13,15)/t30?,31?,37-,38-,40+;4-/m01/s1. The molecule has 5 heterocycles. The third-order valence-electron chi connectivity index (χ3n) is 14.5. The quantitative estimate of drug-likeness (QED) is 0.0473. The number of alkyl carbamates (subject to hydrolysis) is 2. The van der Waals surface area contributed by atoms with Crippen molar-refractivity contribution in [2.24, 2.45) is 16.6 Å². The molecule has 4 amide bonds. The van der Waals surface area contributed by atoms with Crippen molar-refractivity contribution in [3.05, 3.63) is 101 Å². The average molecular weight is 1160 g/mol. The maximum atomic E-state index is 15.1. The zero-order chi connectivity index (χ0) is 59.8. The van der Waals surface area contributed by atoms with Gasteiger partial charge in [0, 0.05) is 72.9 Å². The van der Waals surface area contributed by atoms with Gasteiger partial charge in [-0.3, -0.25) is 14.5 Å². The summed E-state index contributed by atoms with van der Waals surface area (Å²) in [5, 5.41) is 23.8. The van der Waals surface area contributed by atoms with Crippen LogP contribution in [0.4, 0.5) is 59.3 Å². The van der Waals surface area contributed by atoms with Gasteiger partial charge in [-0.25, -0.2) is 28.0 Å². The number of rotatable bonds is 18. The number of ether oxygens (including phenoxy) is 3. The van der Waals surface area contributed by atoms with E-state index < -0.39 is 108 Å². The minimum atomic E-state index is -4.98. The molecule has 7 rings (SSSR count). The lowest BCUT2D eigenvalue weighted by Crippen LogP contribution is -2.62. The SMILES string of the molecule is COC(=O)N[C@H](C(=O)N[C@@H](Cc1ccc(C#Cc2ccc(N3CC4CCC(C3)N4C3COC3)nc2)cc1)[C@@H](O)CNCc1c(F)cc(-c2ccn(C(F)F)n2)cc1F)C(C)(C)C(F)(F)F.COC(=O)N[C@H](C(N)=O)C(C)(C)C(F)(F)F. The van der Waals surface area contributed by atoms with E-state index >= 15 is 8.78 Å². The largest absolute Gasteiger partial charge is 0.453 e. The number of anilines is 1. The molecular weight excluding hydrogens is 1090 g/mol. The molecule has 4 aromatic rings. The van der Waals surface area contributed by atoms with Gasteiger partial charge < -0.3 is 51.2 Å². The van der Waals surface area contributed by atoms with E-state index in [0.717, 1.165) is 105 Å². The van der Waals surface area contributed by atoms with Crippen LogP contribution in [-0.4, -0.2) is 151 Å². The number of nitrogens with one attached hydrogen (secondary N) is 4. The van der Waals surface area contributed by atoms with Crippen LogP contribution < -0.4 is 31.9 Å². The Hall–Kier alpha value is -7.22. The number of hydrogen-bond acceptors (Lipinski definition) is 13. The number of pyridine rings is 1. The Balaban J connectivity index is 0.000000574. The van der Waals surface area contributed by atoms with Gasteiger partial charge in [-0.1, -0.05) is 24.0 Å². The average Bonchev–Trinajstić information content (AvgIpc) is 3.98. The van der Waals surface area contributed by atoms with Crippen molar-refractivity contribution in [1.82, 2.24) is 40.9 Å². The number of amides is 4. The van der Waals surface area contributed by atoms with E-state index in [9.17, 15) is 59.4 Å². The minimum absolute atomic E-state index is 0.0978. The van der Waals surface area contributed by atoms with Gasteiger partial charge in [-0.05, 0) is 95.0 Å². The highest BCUT2D eigenvalue weighted by Crippen LogP contribution is 2.42. The molecule has 0 spiro atoms. The summed E-state index contributed by atoms with van der Waals surface area (Å²) in [6.45, 7) is 2.51. The summed E-state index contributed by atoms with van der Waals surface area (Å²) in [4.78, 5) is 57.1. The summed E-state index contributed by atoms with van der Waals surface area (Å²) in [7, 11) is 1.89. The third-order valence-corrected chi connectivity index (χ3v) is 14.5. The molecule has 2 aromatic carbocycles. The summed E-state index contributed by atoms with van der Waals surface area (Å²) < 4.78 is 151. The van der Waals surface area contributed by atoms with E-state index in [1.165, 1.54) is 6.07 Å². The number of hydrogen-bond donors (Lipinski definition) is 6. The van der Waals surface area contributed by atoms with E-state index in [4.69, 9.17) is 15.5 Å². The Morgan fingerprint density at radius 3 is 1.81 bits per heavy atom. The molecule has 6 atom stereocenters. The zero-order valence-electron chi connectivity index (χ0n) is 44.7. The summed E-state index contributed by atoms with van der Waals surface area (Å²) in [5.41, 5.74) is 0.692. The number of methoxy groups -OCH3 is 2. The van der Waals surface area contributed by atoms with E-state index in [-0.39, 0.29) is 17.7 Å². The topological polar surface area (TPSA) is 228 Å². The lowest BCUT2D eigenvalue weighted by atomic mass is 9.82. The number of carbonyl (C=O) groups excluding carboxylic acids is 4. The van der Waals surface area contributed by atoms with E-state index in [1.807, 2.05) is 17.4 Å².